The minimum absolute atomic E-state index is 0.117. The van der Waals surface area contributed by atoms with Gasteiger partial charge in [0.05, 0.1) is 6.54 Å². The van der Waals surface area contributed by atoms with Gasteiger partial charge in [-0.1, -0.05) is 0 Å². The van der Waals surface area contributed by atoms with Gasteiger partial charge in [0, 0.05) is 33.1 Å². The molecule has 2 amide bonds. The van der Waals surface area contributed by atoms with E-state index in [2.05, 4.69) is 10.6 Å². The van der Waals surface area contributed by atoms with Crippen LogP contribution in [0.3, 0.4) is 0 Å². The molecule has 0 spiro atoms. The van der Waals surface area contributed by atoms with E-state index in [1.54, 1.807) is 20.2 Å². The van der Waals surface area contributed by atoms with Crippen molar-refractivity contribution in [1.82, 2.24) is 15.5 Å². The van der Waals surface area contributed by atoms with E-state index in [1.807, 2.05) is 6.07 Å². The lowest BCUT2D eigenvalue weighted by molar-refractivity contribution is -0.123. The van der Waals surface area contributed by atoms with Gasteiger partial charge in [-0.25, -0.2) is 0 Å². The van der Waals surface area contributed by atoms with Crippen molar-refractivity contribution in [3.05, 3.63) is 23.7 Å². The standard InChI is InChI=1S/C14H21N3O3.CH2O2/c1-17(2)14(19)12-5-4-11(20-12)9-16-10-3-6-13(18)15-8-7-10;2-1-3/h4-5,10,16H,3,6-9H2,1-2H3,(H,15,18);1H,(H,2,3). The lowest BCUT2D eigenvalue weighted by atomic mass is 10.1. The highest BCUT2D eigenvalue weighted by atomic mass is 16.4. The first-order chi connectivity index (χ1) is 11.0. The number of rotatable bonds is 4. The number of furan rings is 1. The van der Waals surface area contributed by atoms with Gasteiger partial charge in [-0.05, 0) is 25.0 Å². The molecule has 1 fully saturated rings. The largest absolute Gasteiger partial charge is 0.483 e. The van der Waals surface area contributed by atoms with Crippen LogP contribution in [0.4, 0.5) is 0 Å². The molecule has 0 radical (unpaired) electrons. The third kappa shape index (κ3) is 6.52. The Kier molecular flexibility index (Phi) is 7.82. The van der Waals surface area contributed by atoms with E-state index in [9.17, 15) is 9.59 Å². The van der Waals surface area contributed by atoms with Gasteiger partial charge in [0.2, 0.25) is 5.91 Å². The van der Waals surface area contributed by atoms with Crippen molar-refractivity contribution < 1.29 is 23.9 Å². The van der Waals surface area contributed by atoms with Crippen molar-refractivity contribution in [2.45, 2.75) is 31.8 Å². The zero-order chi connectivity index (χ0) is 17.2. The van der Waals surface area contributed by atoms with Crippen LogP contribution in [0.25, 0.3) is 0 Å². The minimum Gasteiger partial charge on any atom is -0.483 e. The number of carbonyl (C=O) groups is 3. The van der Waals surface area contributed by atoms with Crippen LogP contribution in [0.1, 0.15) is 35.6 Å². The average molecular weight is 325 g/mol. The first-order valence-electron chi connectivity index (χ1n) is 7.36. The van der Waals surface area contributed by atoms with Gasteiger partial charge in [0.1, 0.15) is 5.76 Å². The molecule has 1 aromatic heterocycles. The highest BCUT2D eigenvalue weighted by Gasteiger charge is 2.17. The fourth-order valence-corrected chi connectivity index (χ4v) is 2.18. The summed E-state index contributed by atoms with van der Waals surface area (Å²) < 4.78 is 5.51. The predicted molar refractivity (Wildman–Crippen MR) is 82.9 cm³/mol. The lowest BCUT2D eigenvalue weighted by Gasteiger charge is -2.14. The number of hydrogen-bond donors (Lipinski definition) is 3. The maximum Gasteiger partial charge on any atom is 0.290 e. The molecule has 1 atom stereocenters. The molecular formula is C15H23N3O5. The van der Waals surface area contributed by atoms with E-state index < -0.39 is 0 Å². The smallest absolute Gasteiger partial charge is 0.290 e. The quantitative estimate of drug-likeness (QED) is 0.693. The van der Waals surface area contributed by atoms with Gasteiger partial charge < -0.3 is 25.1 Å². The van der Waals surface area contributed by atoms with Gasteiger partial charge in [0.25, 0.3) is 12.4 Å². The summed E-state index contributed by atoms with van der Waals surface area (Å²) in [6.07, 6.45) is 2.30. The van der Waals surface area contributed by atoms with E-state index in [4.69, 9.17) is 14.3 Å². The van der Waals surface area contributed by atoms with Crippen molar-refractivity contribution in [2.75, 3.05) is 20.6 Å². The molecule has 0 saturated carbocycles. The highest BCUT2D eigenvalue weighted by molar-refractivity contribution is 5.91. The molecule has 0 aliphatic carbocycles. The Hall–Kier alpha value is -2.35. The Morgan fingerprint density at radius 1 is 1.48 bits per heavy atom. The monoisotopic (exact) mass is 325 g/mol. The van der Waals surface area contributed by atoms with E-state index >= 15 is 0 Å². The van der Waals surface area contributed by atoms with Crippen LogP contribution in [0.5, 0.6) is 0 Å². The molecule has 23 heavy (non-hydrogen) atoms. The number of carbonyl (C=O) groups excluding carboxylic acids is 2. The van der Waals surface area contributed by atoms with Crippen LogP contribution < -0.4 is 10.6 Å². The van der Waals surface area contributed by atoms with Crippen molar-refractivity contribution >= 4 is 18.3 Å². The molecule has 1 unspecified atom stereocenters. The predicted octanol–water partition coefficient (Wildman–Crippen LogP) is 0.441. The van der Waals surface area contributed by atoms with Crippen molar-refractivity contribution in [2.24, 2.45) is 0 Å². The van der Waals surface area contributed by atoms with Crippen LogP contribution in [0, 0.1) is 0 Å². The molecular weight excluding hydrogens is 302 g/mol. The third-order valence-electron chi connectivity index (χ3n) is 3.38. The zero-order valence-electron chi connectivity index (χ0n) is 13.4. The molecule has 0 aromatic carbocycles. The lowest BCUT2D eigenvalue weighted by Crippen LogP contribution is -2.29. The molecule has 8 nitrogen and oxygen atoms in total. The minimum atomic E-state index is -0.250. The maximum absolute atomic E-state index is 11.7. The van der Waals surface area contributed by atoms with Crippen LogP contribution in [0.2, 0.25) is 0 Å². The summed E-state index contributed by atoms with van der Waals surface area (Å²) in [4.78, 5) is 32.8. The Morgan fingerprint density at radius 2 is 2.17 bits per heavy atom. The average Bonchev–Trinajstić information content (AvgIpc) is 2.88. The summed E-state index contributed by atoms with van der Waals surface area (Å²) >= 11 is 0. The number of nitrogens with zero attached hydrogens (tertiary/aromatic N) is 1. The summed E-state index contributed by atoms with van der Waals surface area (Å²) in [5.41, 5.74) is 0. The van der Waals surface area contributed by atoms with Crippen molar-refractivity contribution in [3.63, 3.8) is 0 Å². The second-order valence-electron chi connectivity index (χ2n) is 5.33. The van der Waals surface area contributed by atoms with Crippen LogP contribution >= 0.6 is 0 Å². The zero-order valence-corrected chi connectivity index (χ0v) is 13.4. The fourth-order valence-electron chi connectivity index (χ4n) is 2.18. The number of carboxylic acid groups (broad SMARTS) is 1. The highest BCUT2D eigenvalue weighted by Crippen LogP contribution is 2.11. The van der Waals surface area contributed by atoms with Crippen molar-refractivity contribution in [1.29, 1.82) is 0 Å². The van der Waals surface area contributed by atoms with Crippen LogP contribution in [0.15, 0.2) is 16.5 Å². The Morgan fingerprint density at radius 3 is 2.83 bits per heavy atom. The first-order valence-corrected chi connectivity index (χ1v) is 7.36. The molecule has 2 heterocycles. The summed E-state index contributed by atoms with van der Waals surface area (Å²) in [5.74, 6) is 1.06. The molecule has 1 aliphatic rings. The summed E-state index contributed by atoms with van der Waals surface area (Å²) in [5, 5.41) is 13.1. The van der Waals surface area contributed by atoms with Gasteiger partial charge >= 0.3 is 0 Å². The fraction of sp³-hybridized carbons (Fsp3) is 0.533. The topological polar surface area (TPSA) is 112 Å². The van der Waals surface area contributed by atoms with Gasteiger partial charge in [0.15, 0.2) is 5.76 Å². The van der Waals surface area contributed by atoms with Crippen molar-refractivity contribution in [3.8, 4) is 0 Å². The Bertz CT molecular complexity index is 527. The summed E-state index contributed by atoms with van der Waals surface area (Å²) in [6.45, 7) is 1.03. The Balaban J connectivity index is 0.000000816. The molecule has 2 rings (SSSR count). The molecule has 0 bridgehead atoms. The first kappa shape index (κ1) is 18.7. The van der Waals surface area contributed by atoms with E-state index in [1.165, 1.54) is 4.90 Å². The molecule has 1 saturated heterocycles. The second-order valence-corrected chi connectivity index (χ2v) is 5.33. The molecule has 3 N–H and O–H groups in total. The normalized spacial score (nSPS) is 17.3. The summed E-state index contributed by atoms with van der Waals surface area (Å²) in [7, 11) is 3.39. The number of hydrogen-bond acceptors (Lipinski definition) is 5. The van der Waals surface area contributed by atoms with Gasteiger partial charge in [-0.3, -0.25) is 14.4 Å². The number of nitrogens with one attached hydrogen (secondary N) is 2. The van der Waals surface area contributed by atoms with E-state index in [0.717, 1.165) is 18.6 Å². The van der Waals surface area contributed by atoms with E-state index in [-0.39, 0.29) is 18.3 Å². The van der Waals surface area contributed by atoms with Crippen LogP contribution in [-0.4, -0.2) is 55.0 Å². The van der Waals surface area contributed by atoms with Gasteiger partial charge in [-0.2, -0.15) is 0 Å². The maximum atomic E-state index is 11.7. The summed E-state index contributed by atoms with van der Waals surface area (Å²) in [6, 6.07) is 3.80. The molecule has 8 heteroatoms. The molecule has 128 valence electrons. The Labute approximate surface area is 134 Å². The van der Waals surface area contributed by atoms with Gasteiger partial charge in [-0.15, -0.1) is 0 Å². The second kappa shape index (κ2) is 9.62. The third-order valence-corrected chi connectivity index (χ3v) is 3.38. The SMILES string of the molecule is CN(C)C(=O)c1ccc(CNC2CCNC(=O)CC2)o1.O=CO. The number of amides is 2. The van der Waals surface area contributed by atoms with E-state index in [0.29, 0.717) is 31.3 Å². The molecule has 1 aliphatic heterocycles. The van der Waals surface area contributed by atoms with Crippen LogP contribution in [-0.2, 0) is 16.1 Å². The molecule has 1 aromatic rings.